The number of carboxylic acids is 1. The van der Waals surface area contributed by atoms with Crippen molar-refractivity contribution in [2.75, 3.05) is 6.61 Å². The number of hydrogen-bond donors (Lipinski definition) is 1. The highest BCUT2D eigenvalue weighted by Crippen LogP contribution is 2.19. The van der Waals surface area contributed by atoms with Gasteiger partial charge in [-0.3, -0.25) is 0 Å². The topological polar surface area (TPSA) is 55.8 Å². The monoisotopic (exact) mass is 224 g/mol. The molecule has 0 saturated heterocycles. The Kier molecular flexibility index (Phi) is 4.64. The van der Waals surface area contributed by atoms with Crippen LogP contribution in [0.25, 0.3) is 0 Å². The van der Waals surface area contributed by atoms with Gasteiger partial charge >= 0.3 is 5.97 Å². The van der Waals surface area contributed by atoms with Gasteiger partial charge in [0.15, 0.2) is 6.10 Å². The molecule has 0 spiro atoms. The van der Waals surface area contributed by atoms with Crippen LogP contribution in [-0.2, 0) is 4.79 Å². The maximum absolute atomic E-state index is 10.8. The first-order valence-corrected chi connectivity index (χ1v) is 5.29. The van der Waals surface area contributed by atoms with Gasteiger partial charge in [0.1, 0.15) is 11.5 Å². The summed E-state index contributed by atoms with van der Waals surface area (Å²) in [5, 5.41) is 8.82. The lowest BCUT2D eigenvalue weighted by Gasteiger charge is -2.13. The Hall–Kier alpha value is -1.71. The van der Waals surface area contributed by atoms with E-state index in [2.05, 4.69) is 0 Å². The Morgan fingerprint density at radius 1 is 1.25 bits per heavy atom. The molecule has 16 heavy (non-hydrogen) atoms. The average molecular weight is 224 g/mol. The van der Waals surface area contributed by atoms with Crippen molar-refractivity contribution in [2.45, 2.75) is 26.4 Å². The quantitative estimate of drug-likeness (QED) is 0.805. The van der Waals surface area contributed by atoms with E-state index < -0.39 is 12.1 Å². The van der Waals surface area contributed by atoms with Crippen LogP contribution >= 0.6 is 0 Å². The predicted molar refractivity (Wildman–Crippen MR) is 60.0 cm³/mol. The van der Waals surface area contributed by atoms with Crippen LogP contribution in [0.15, 0.2) is 24.3 Å². The van der Waals surface area contributed by atoms with Crippen LogP contribution < -0.4 is 9.47 Å². The summed E-state index contributed by atoms with van der Waals surface area (Å²) in [7, 11) is 0. The van der Waals surface area contributed by atoms with E-state index in [4.69, 9.17) is 14.6 Å². The third kappa shape index (κ3) is 3.46. The fourth-order valence-electron chi connectivity index (χ4n) is 1.25. The first kappa shape index (κ1) is 12.4. The Balaban J connectivity index is 2.63. The van der Waals surface area contributed by atoms with Crippen molar-refractivity contribution < 1.29 is 19.4 Å². The second-order valence-electron chi connectivity index (χ2n) is 3.26. The van der Waals surface area contributed by atoms with Gasteiger partial charge in [-0.15, -0.1) is 0 Å². The SMILES string of the molecule is CCOc1ccc(OC(CC)C(=O)O)cc1. The lowest BCUT2D eigenvalue weighted by molar-refractivity contribution is -0.145. The Morgan fingerprint density at radius 3 is 2.25 bits per heavy atom. The highest BCUT2D eigenvalue weighted by atomic mass is 16.5. The first-order valence-electron chi connectivity index (χ1n) is 5.29. The van der Waals surface area contributed by atoms with E-state index >= 15 is 0 Å². The lowest BCUT2D eigenvalue weighted by atomic mass is 10.2. The molecular weight excluding hydrogens is 208 g/mol. The number of rotatable bonds is 6. The standard InChI is InChI=1S/C12H16O4/c1-3-11(12(13)14)16-10-7-5-9(6-8-10)15-4-2/h5-8,11H,3-4H2,1-2H3,(H,13,14). The van der Waals surface area contributed by atoms with Gasteiger partial charge in [-0.2, -0.15) is 0 Å². The van der Waals surface area contributed by atoms with Gasteiger partial charge in [0, 0.05) is 0 Å². The van der Waals surface area contributed by atoms with Gasteiger partial charge < -0.3 is 14.6 Å². The molecular formula is C12H16O4. The van der Waals surface area contributed by atoms with E-state index in [1.807, 2.05) is 6.92 Å². The smallest absolute Gasteiger partial charge is 0.344 e. The molecule has 0 saturated carbocycles. The Bertz CT molecular complexity index is 331. The summed E-state index contributed by atoms with van der Waals surface area (Å²) in [5.74, 6) is 0.340. The van der Waals surface area contributed by atoms with E-state index in [-0.39, 0.29) is 0 Å². The van der Waals surface area contributed by atoms with Crippen molar-refractivity contribution >= 4 is 5.97 Å². The molecule has 0 aliphatic heterocycles. The van der Waals surface area contributed by atoms with Crippen LogP contribution in [0.1, 0.15) is 20.3 Å². The van der Waals surface area contributed by atoms with Crippen LogP contribution in [0.3, 0.4) is 0 Å². The van der Waals surface area contributed by atoms with Gasteiger partial charge in [-0.1, -0.05) is 6.92 Å². The summed E-state index contributed by atoms with van der Waals surface area (Å²) >= 11 is 0. The zero-order chi connectivity index (χ0) is 12.0. The molecule has 0 heterocycles. The van der Waals surface area contributed by atoms with Gasteiger partial charge in [-0.25, -0.2) is 4.79 Å². The number of ether oxygens (including phenoxy) is 2. The minimum atomic E-state index is -0.948. The summed E-state index contributed by atoms with van der Waals surface area (Å²) in [4.78, 5) is 10.8. The molecule has 0 aliphatic carbocycles. The molecule has 1 unspecified atom stereocenters. The number of aliphatic carboxylic acids is 1. The highest BCUT2D eigenvalue weighted by Gasteiger charge is 2.16. The summed E-state index contributed by atoms with van der Waals surface area (Å²) in [5.41, 5.74) is 0. The first-order chi connectivity index (χ1) is 7.67. The van der Waals surface area contributed by atoms with Crippen molar-refractivity contribution in [3.63, 3.8) is 0 Å². The molecule has 1 N–H and O–H groups in total. The van der Waals surface area contributed by atoms with E-state index in [0.717, 1.165) is 5.75 Å². The highest BCUT2D eigenvalue weighted by molar-refractivity contribution is 5.72. The van der Waals surface area contributed by atoms with Crippen LogP contribution in [-0.4, -0.2) is 23.8 Å². The van der Waals surface area contributed by atoms with E-state index in [0.29, 0.717) is 18.8 Å². The largest absolute Gasteiger partial charge is 0.494 e. The number of benzene rings is 1. The molecule has 4 heteroatoms. The van der Waals surface area contributed by atoms with Crippen molar-refractivity contribution in [1.29, 1.82) is 0 Å². The third-order valence-electron chi connectivity index (χ3n) is 2.06. The summed E-state index contributed by atoms with van der Waals surface area (Å²) in [6.07, 6.45) is -0.360. The lowest BCUT2D eigenvalue weighted by Crippen LogP contribution is -2.25. The zero-order valence-corrected chi connectivity index (χ0v) is 9.47. The van der Waals surface area contributed by atoms with Crippen LogP contribution in [0.5, 0.6) is 11.5 Å². The molecule has 0 radical (unpaired) electrons. The normalized spacial score (nSPS) is 11.9. The fourth-order valence-corrected chi connectivity index (χ4v) is 1.25. The van der Waals surface area contributed by atoms with Gasteiger partial charge in [0.25, 0.3) is 0 Å². The molecule has 0 amide bonds. The molecule has 1 rings (SSSR count). The number of carboxylic acid groups (broad SMARTS) is 1. The second kappa shape index (κ2) is 6.00. The Morgan fingerprint density at radius 2 is 1.81 bits per heavy atom. The Labute approximate surface area is 94.8 Å². The number of hydrogen-bond acceptors (Lipinski definition) is 3. The maximum Gasteiger partial charge on any atom is 0.344 e. The number of carbonyl (C=O) groups is 1. The third-order valence-corrected chi connectivity index (χ3v) is 2.06. The molecule has 1 aromatic rings. The van der Waals surface area contributed by atoms with E-state index in [1.54, 1.807) is 31.2 Å². The average Bonchev–Trinajstić information content (AvgIpc) is 2.28. The van der Waals surface area contributed by atoms with Crippen molar-refractivity contribution in [1.82, 2.24) is 0 Å². The summed E-state index contributed by atoms with van der Waals surface area (Å²) in [6, 6.07) is 6.92. The molecule has 0 aromatic heterocycles. The summed E-state index contributed by atoms with van der Waals surface area (Å²) < 4.78 is 10.6. The van der Waals surface area contributed by atoms with Gasteiger partial charge in [0.2, 0.25) is 0 Å². The second-order valence-corrected chi connectivity index (χ2v) is 3.26. The molecule has 0 fully saturated rings. The molecule has 0 bridgehead atoms. The molecule has 0 aliphatic rings. The molecule has 88 valence electrons. The van der Waals surface area contributed by atoms with Crippen LogP contribution in [0.2, 0.25) is 0 Å². The minimum Gasteiger partial charge on any atom is -0.494 e. The molecule has 1 atom stereocenters. The molecule has 1 aromatic carbocycles. The van der Waals surface area contributed by atoms with Crippen LogP contribution in [0, 0.1) is 0 Å². The van der Waals surface area contributed by atoms with Crippen LogP contribution in [0.4, 0.5) is 0 Å². The van der Waals surface area contributed by atoms with Gasteiger partial charge in [-0.05, 0) is 37.6 Å². The predicted octanol–water partition coefficient (Wildman–Crippen LogP) is 2.33. The van der Waals surface area contributed by atoms with Crippen molar-refractivity contribution in [3.8, 4) is 11.5 Å². The van der Waals surface area contributed by atoms with E-state index in [9.17, 15) is 4.79 Å². The zero-order valence-electron chi connectivity index (χ0n) is 9.47. The summed E-state index contributed by atoms with van der Waals surface area (Å²) in [6.45, 7) is 4.28. The minimum absolute atomic E-state index is 0.433. The maximum atomic E-state index is 10.8. The van der Waals surface area contributed by atoms with Crippen molar-refractivity contribution in [3.05, 3.63) is 24.3 Å². The van der Waals surface area contributed by atoms with Crippen molar-refractivity contribution in [2.24, 2.45) is 0 Å². The fraction of sp³-hybridized carbons (Fsp3) is 0.417. The van der Waals surface area contributed by atoms with E-state index in [1.165, 1.54) is 0 Å². The molecule has 4 nitrogen and oxygen atoms in total. The van der Waals surface area contributed by atoms with Gasteiger partial charge in [0.05, 0.1) is 6.61 Å².